The number of nitrogens with zero attached hydrogens (tertiary/aromatic N) is 1. The highest BCUT2D eigenvalue weighted by molar-refractivity contribution is 14.0. The third-order valence-corrected chi connectivity index (χ3v) is 4.55. The zero-order valence-electron chi connectivity index (χ0n) is 14.5. The first kappa shape index (κ1) is 22.2. The summed E-state index contributed by atoms with van der Waals surface area (Å²) in [6, 6.07) is 9.78. The minimum atomic E-state index is -0.963. The molecule has 25 heavy (non-hydrogen) atoms. The van der Waals surface area contributed by atoms with Gasteiger partial charge < -0.3 is 15.7 Å². The van der Waals surface area contributed by atoms with Crippen LogP contribution in [0.1, 0.15) is 25.0 Å². The monoisotopic (exact) mass is 493 g/mol. The Balaban J connectivity index is 0.00000312. The molecule has 0 saturated heterocycles. The summed E-state index contributed by atoms with van der Waals surface area (Å²) >= 11 is 7.57. The van der Waals surface area contributed by atoms with Crippen molar-refractivity contribution in [2.45, 2.75) is 25.9 Å². The van der Waals surface area contributed by atoms with Crippen LogP contribution in [0, 0.1) is 0 Å². The van der Waals surface area contributed by atoms with Gasteiger partial charge >= 0.3 is 0 Å². The predicted octanol–water partition coefficient (Wildman–Crippen LogP) is 4.02. The van der Waals surface area contributed by atoms with Crippen molar-refractivity contribution >= 4 is 52.9 Å². The van der Waals surface area contributed by atoms with E-state index in [4.69, 9.17) is 11.6 Å². The maximum absolute atomic E-state index is 10.6. The van der Waals surface area contributed by atoms with E-state index < -0.39 is 5.60 Å². The number of nitrogens with one attached hydrogen (secondary N) is 2. The number of aliphatic hydroxyl groups is 1. The van der Waals surface area contributed by atoms with Gasteiger partial charge in [0.2, 0.25) is 0 Å². The lowest BCUT2D eigenvalue weighted by Gasteiger charge is -2.21. The van der Waals surface area contributed by atoms with E-state index in [0.29, 0.717) is 12.5 Å². The Bertz CT molecular complexity index is 662. The summed E-state index contributed by atoms with van der Waals surface area (Å²) in [6.07, 6.45) is 0.853. The molecule has 0 fully saturated rings. The molecule has 4 nitrogen and oxygen atoms in total. The largest absolute Gasteiger partial charge is 0.383 e. The summed E-state index contributed by atoms with van der Waals surface area (Å²) in [4.78, 5) is 4.51. The molecule has 3 N–H and O–H groups in total. The van der Waals surface area contributed by atoms with E-state index in [0.717, 1.165) is 30.1 Å². The molecule has 0 aliphatic carbocycles. The van der Waals surface area contributed by atoms with Gasteiger partial charge in [0.1, 0.15) is 5.60 Å². The molecule has 0 saturated carbocycles. The van der Waals surface area contributed by atoms with Crippen molar-refractivity contribution in [1.29, 1.82) is 0 Å². The van der Waals surface area contributed by atoms with Crippen LogP contribution in [0.2, 0.25) is 5.02 Å². The Morgan fingerprint density at radius 1 is 1.32 bits per heavy atom. The summed E-state index contributed by atoms with van der Waals surface area (Å²) in [5.74, 6) is 0.704. The van der Waals surface area contributed by atoms with Gasteiger partial charge in [-0.1, -0.05) is 23.7 Å². The molecule has 1 atom stereocenters. The van der Waals surface area contributed by atoms with Gasteiger partial charge in [0.05, 0.1) is 6.54 Å². The van der Waals surface area contributed by atoms with Crippen LogP contribution in [0.25, 0.3) is 0 Å². The molecule has 0 bridgehead atoms. The maximum atomic E-state index is 10.6. The van der Waals surface area contributed by atoms with Crippen LogP contribution in [0.3, 0.4) is 0 Å². The Hall–Kier alpha value is -0.830. The summed E-state index contributed by atoms with van der Waals surface area (Å²) in [5, 5.41) is 21.7. The van der Waals surface area contributed by atoms with Crippen molar-refractivity contribution in [2.24, 2.45) is 4.99 Å². The molecular formula is C18H25ClIN3OS. The maximum Gasteiger partial charge on any atom is 0.191 e. The fourth-order valence-corrected chi connectivity index (χ4v) is 3.25. The first-order chi connectivity index (χ1) is 11.5. The predicted molar refractivity (Wildman–Crippen MR) is 118 cm³/mol. The SMILES string of the molecule is CCNC(=NCC(C)(O)c1ccsc1)NCCc1cccc(Cl)c1.I. The van der Waals surface area contributed by atoms with Crippen LogP contribution in [-0.2, 0) is 12.0 Å². The summed E-state index contributed by atoms with van der Waals surface area (Å²) < 4.78 is 0. The molecule has 1 aromatic heterocycles. The van der Waals surface area contributed by atoms with E-state index >= 15 is 0 Å². The van der Waals surface area contributed by atoms with Crippen molar-refractivity contribution in [2.75, 3.05) is 19.6 Å². The summed E-state index contributed by atoms with van der Waals surface area (Å²) in [5.41, 5.74) is 1.11. The molecule has 0 spiro atoms. The fraction of sp³-hybridized carbons (Fsp3) is 0.389. The second kappa shape index (κ2) is 11.0. The molecule has 0 radical (unpaired) electrons. The zero-order valence-corrected chi connectivity index (χ0v) is 18.4. The third-order valence-electron chi connectivity index (χ3n) is 3.63. The van der Waals surface area contributed by atoms with Gasteiger partial charge in [-0.15, -0.1) is 24.0 Å². The zero-order chi connectivity index (χ0) is 17.4. The first-order valence-corrected chi connectivity index (χ1v) is 9.35. The second-order valence-electron chi connectivity index (χ2n) is 5.79. The minimum absolute atomic E-state index is 0. The number of thiophene rings is 1. The van der Waals surface area contributed by atoms with Crippen molar-refractivity contribution in [3.63, 3.8) is 0 Å². The van der Waals surface area contributed by atoms with E-state index in [1.807, 2.05) is 41.9 Å². The number of hydrogen-bond acceptors (Lipinski definition) is 3. The average Bonchev–Trinajstić information content (AvgIpc) is 3.08. The average molecular weight is 494 g/mol. The molecular weight excluding hydrogens is 469 g/mol. The molecule has 1 unspecified atom stereocenters. The Morgan fingerprint density at radius 3 is 2.76 bits per heavy atom. The molecule has 7 heteroatoms. The van der Waals surface area contributed by atoms with Crippen LogP contribution in [-0.4, -0.2) is 30.7 Å². The molecule has 138 valence electrons. The fourth-order valence-electron chi connectivity index (χ4n) is 2.25. The molecule has 2 aromatic rings. The van der Waals surface area contributed by atoms with Gasteiger partial charge in [0, 0.05) is 18.1 Å². The quantitative estimate of drug-likeness (QED) is 0.310. The Kier molecular flexibility index (Phi) is 9.78. The van der Waals surface area contributed by atoms with Crippen LogP contribution < -0.4 is 10.6 Å². The van der Waals surface area contributed by atoms with Crippen LogP contribution in [0.5, 0.6) is 0 Å². The van der Waals surface area contributed by atoms with Crippen molar-refractivity contribution < 1.29 is 5.11 Å². The number of rotatable bonds is 7. The van der Waals surface area contributed by atoms with Crippen LogP contribution in [0.4, 0.5) is 0 Å². The number of aliphatic imine (C=N–C) groups is 1. The third kappa shape index (κ3) is 7.52. The highest BCUT2D eigenvalue weighted by atomic mass is 127. The lowest BCUT2D eigenvalue weighted by atomic mass is 10.00. The molecule has 1 aromatic carbocycles. The molecule has 2 rings (SSSR count). The van der Waals surface area contributed by atoms with Gasteiger partial charge in [-0.25, -0.2) is 4.99 Å². The van der Waals surface area contributed by atoms with E-state index in [1.165, 1.54) is 5.56 Å². The lowest BCUT2D eigenvalue weighted by molar-refractivity contribution is 0.0677. The first-order valence-electron chi connectivity index (χ1n) is 8.03. The number of hydrogen-bond donors (Lipinski definition) is 3. The minimum Gasteiger partial charge on any atom is -0.383 e. The van der Waals surface area contributed by atoms with E-state index in [9.17, 15) is 5.11 Å². The summed E-state index contributed by atoms with van der Waals surface area (Å²) in [7, 11) is 0. The smallest absolute Gasteiger partial charge is 0.191 e. The van der Waals surface area contributed by atoms with Crippen molar-refractivity contribution in [3.8, 4) is 0 Å². The number of halogens is 2. The summed E-state index contributed by atoms with van der Waals surface area (Å²) in [6.45, 7) is 5.62. The molecule has 0 aliphatic heterocycles. The number of guanidine groups is 1. The number of benzene rings is 1. The van der Waals surface area contributed by atoms with Gasteiger partial charge in [0.25, 0.3) is 0 Å². The normalized spacial score (nSPS) is 13.7. The van der Waals surface area contributed by atoms with Crippen LogP contribution >= 0.6 is 46.9 Å². The Morgan fingerprint density at radius 2 is 2.12 bits per heavy atom. The van der Waals surface area contributed by atoms with Crippen molar-refractivity contribution in [1.82, 2.24) is 10.6 Å². The van der Waals surface area contributed by atoms with Gasteiger partial charge in [0.15, 0.2) is 5.96 Å². The Labute approximate surface area is 175 Å². The topological polar surface area (TPSA) is 56.7 Å². The molecule has 0 amide bonds. The highest BCUT2D eigenvalue weighted by Gasteiger charge is 2.23. The molecule has 0 aliphatic rings. The second-order valence-corrected chi connectivity index (χ2v) is 7.00. The van der Waals surface area contributed by atoms with Gasteiger partial charge in [-0.3, -0.25) is 0 Å². The van der Waals surface area contributed by atoms with E-state index in [2.05, 4.69) is 21.7 Å². The van der Waals surface area contributed by atoms with E-state index in [-0.39, 0.29) is 24.0 Å². The molecule has 1 heterocycles. The van der Waals surface area contributed by atoms with Gasteiger partial charge in [-0.2, -0.15) is 11.3 Å². The van der Waals surface area contributed by atoms with E-state index in [1.54, 1.807) is 18.3 Å². The standard InChI is InChI=1S/C18H24ClN3OS.HI/c1-3-20-17(21-9-7-14-5-4-6-16(19)11-14)22-13-18(2,23)15-8-10-24-12-15;/h4-6,8,10-12,23H,3,7,9,13H2,1-2H3,(H2,20,21,22);1H. The van der Waals surface area contributed by atoms with Crippen LogP contribution in [0.15, 0.2) is 46.1 Å². The highest BCUT2D eigenvalue weighted by Crippen LogP contribution is 2.23. The lowest BCUT2D eigenvalue weighted by Crippen LogP contribution is -2.39. The van der Waals surface area contributed by atoms with Crippen molar-refractivity contribution in [3.05, 3.63) is 57.2 Å². The van der Waals surface area contributed by atoms with Gasteiger partial charge in [-0.05, 0) is 60.4 Å².